The zero-order valence-corrected chi connectivity index (χ0v) is 21.3. The SMILES string of the molecule is C=CCn1c(SCC(=O)Nc2cccc(C)c2C)nnc1[C@H](C)NC(=O)Cc1ccc(OC)cc1. The predicted octanol–water partition coefficient (Wildman–Crippen LogP) is 4.24. The number of amides is 2. The first-order valence-electron chi connectivity index (χ1n) is 11.3. The zero-order chi connectivity index (χ0) is 25.4. The van der Waals surface area contributed by atoms with Crippen molar-refractivity contribution in [3.63, 3.8) is 0 Å². The Balaban J connectivity index is 1.62. The number of nitrogens with one attached hydrogen (secondary N) is 2. The van der Waals surface area contributed by atoms with E-state index in [-0.39, 0.29) is 30.0 Å². The number of carbonyl (C=O) groups excluding carboxylic acids is 2. The summed E-state index contributed by atoms with van der Waals surface area (Å²) in [6.45, 7) is 10.1. The minimum atomic E-state index is -0.369. The van der Waals surface area contributed by atoms with Crippen LogP contribution in [0.5, 0.6) is 5.75 Å². The van der Waals surface area contributed by atoms with Gasteiger partial charge in [0.25, 0.3) is 0 Å². The summed E-state index contributed by atoms with van der Waals surface area (Å²) in [5.41, 5.74) is 3.85. The number of carbonyl (C=O) groups is 2. The molecule has 35 heavy (non-hydrogen) atoms. The number of anilines is 1. The zero-order valence-electron chi connectivity index (χ0n) is 20.5. The summed E-state index contributed by atoms with van der Waals surface area (Å²) in [5.74, 6) is 1.27. The van der Waals surface area contributed by atoms with Crippen LogP contribution in [0, 0.1) is 13.8 Å². The molecule has 0 aliphatic rings. The number of methoxy groups -OCH3 is 1. The minimum Gasteiger partial charge on any atom is -0.497 e. The summed E-state index contributed by atoms with van der Waals surface area (Å²) >= 11 is 1.29. The number of hydrogen-bond donors (Lipinski definition) is 2. The molecular weight excluding hydrogens is 462 g/mol. The van der Waals surface area contributed by atoms with Crippen molar-refractivity contribution >= 4 is 29.3 Å². The summed E-state index contributed by atoms with van der Waals surface area (Å²) in [4.78, 5) is 25.1. The van der Waals surface area contributed by atoms with E-state index in [1.165, 1.54) is 11.8 Å². The second kappa shape index (κ2) is 12.2. The van der Waals surface area contributed by atoms with E-state index >= 15 is 0 Å². The van der Waals surface area contributed by atoms with Gasteiger partial charge in [0.15, 0.2) is 11.0 Å². The number of aryl methyl sites for hydroxylation is 1. The largest absolute Gasteiger partial charge is 0.497 e. The Labute approximate surface area is 210 Å². The summed E-state index contributed by atoms with van der Waals surface area (Å²) in [6, 6.07) is 12.8. The first kappa shape index (κ1) is 26.0. The molecule has 8 nitrogen and oxygen atoms in total. The molecule has 0 aliphatic carbocycles. The normalized spacial score (nSPS) is 11.5. The van der Waals surface area contributed by atoms with E-state index in [9.17, 15) is 9.59 Å². The molecule has 0 fully saturated rings. The van der Waals surface area contributed by atoms with Gasteiger partial charge in [-0.05, 0) is 55.7 Å². The van der Waals surface area contributed by atoms with Crippen molar-refractivity contribution in [3.8, 4) is 5.75 Å². The lowest BCUT2D eigenvalue weighted by atomic mass is 10.1. The molecule has 1 heterocycles. The predicted molar refractivity (Wildman–Crippen MR) is 139 cm³/mol. The van der Waals surface area contributed by atoms with Crippen LogP contribution in [-0.4, -0.2) is 39.4 Å². The molecule has 0 aliphatic heterocycles. The molecule has 3 rings (SSSR count). The number of hydrogen-bond acceptors (Lipinski definition) is 6. The lowest BCUT2D eigenvalue weighted by Crippen LogP contribution is -2.30. The van der Waals surface area contributed by atoms with Gasteiger partial charge >= 0.3 is 0 Å². The molecule has 2 N–H and O–H groups in total. The van der Waals surface area contributed by atoms with Crippen molar-refractivity contribution < 1.29 is 14.3 Å². The summed E-state index contributed by atoms with van der Waals surface area (Å²) in [7, 11) is 1.60. The highest BCUT2D eigenvalue weighted by atomic mass is 32.2. The van der Waals surface area contributed by atoms with Gasteiger partial charge in [-0.25, -0.2) is 0 Å². The second-order valence-electron chi connectivity index (χ2n) is 8.14. The van der Waals surface area contributed by atoms with E-state index < -0.39 is 0 Å². The lowest BCUT2D eigenvalue weighted by molar-refractivity contribution is -0.121. The van der Waals surface area contributed by atoms with Crippen LogP contribution < -0.4 is 15.4 Å². The maximum absolute atomic E-state index is 12.6. The van der Waals surface area contributed by atoms with Crippen LogP contribution in [0.2, 0.25) is 0 Å². The standard InChI is InChI=1S/C26H31N5O3S/c1-6-14-31-25(19(4)27-23(32)15-20-10-12-21(34-5)13-11-20)29-30-26(31)35-16-24(33)28-22-9-7-8-17(2)18(22)3/h6-13,19H,1,14-16H2,2-5H3,(H,27,32)(H,28,33)/t19-/m0/s1. The quantitative estimate of drug-likeness (QED) is 0.306. The van der Waals surface area contributed by atoms with Crippen LogP contribution in [0.4, 0.5) is 5.69 Å². The molecule has 2 aromatic carbocycles. The Morgan fingerprint density at radius 3 is 2.57 bits per heavy atom. The number of ether oxygens (including phenoxy) is 1. The van der Waals surface area contributed by atoms with Crippen LogP contribution in [0.3, 0.4) is 0 Å². The van der Waals surface area contributed by atoms with Gasteiger partial charge in [0.2, 0.25) is 11.8 Å². The summed E-state index contributed by atoms with van der Waals surface area (Å²) in [5, 5.41) is 15.1. The van der Waals surface area contributed by atoms with Crippen LogP contribution in [0.15, 0.2) is 60.3 Å². The Hall–Kier alpha value is -3.59. The maximum atomic E-state index is 12.6. The molecule has 3 aromatic rings. The Morgan fingerprint density at radius 2 is 1.89 bits per heavy atom. The van der Waals surface area contributed by atoms with Crippen LogP contribution in [-0.2, 0) is 22.6 Å². The number of benzene rings is 2. The number of thioether (sulfide) groups is 1. The van der Waals surface area contributed by atoms with Gasteiger partial charge < -0.3 is 19.9 Å². The molecule has 0 saturated heterocycles. The average Bonchev–Trinajstić information content (AvgIpc) is 3.24. The fourth-order valence-electron chi connectivity index (χ4n) is 3.52. The molecule has 1 atom stereocenters. The average molecular weight is 494 g/mol. The van der Waals surface area contributed by atoms with Crippen molar-refractivity contribution in [1.82, 2.24) is 20.1 Å². The molecule has 184 valence electrons. The number of nitrogens with zero attached hydrogens (tertiary/aromatic N) is 3. The summed E-state index contributed by atoms with van der Waals surface area (Å²) in [6.07, 6.45) is 1.98. The highest BCUT2D eigenvalue weighted by molar-refractivity contribution is 7.99. The molecule has 0 bridgehead atoms. The van der Waals surface area contributed by atoms with Crippen molar-refractivity contribution in [2.45, 2.75) is 44.9 Å². The van der Waals surface area contributed by atoms with Crippen molar-refractivity contribution in [2.75, 3.05) is 18.2 Å². The molecular formula is C26H31N5O3S. The van der Waals surface area contributed by atoms with E-state index in [2.05, 4.69) is 27.4 Å². The van der Waals surface area contributed by atoms with Crippen LogP contribution in [0.1, 0.15) is 35.5 Å². The third-order valence-corrected chi connectivity index (χ3v) is 6.52. The van der Waals surface area contributed by atoms with Gasteiger partial charge in [-0.2, -0.15) is 0 Å². The van der Waals surface area contributed by atoms with Gasteiger partial charge in [-0.3, -0.25) is 9.59 Å². The molecule has 0 saturated carbocycles. The third kappa shape index (κ3) is 6.95. The topological polar surface area (TPSA) is 98.1 Å². The molecule has 0 radical (unpaired) electrons. The smallest absolute Gasteiger partial charge is 0.234 e. The monoisotopic (exact) mass is 493 g/mol. The van der Waals surface area contributed by atoms with Crippen LogP contribution >= 0.6 is 11.8 Å². The molecule has 0 unspecified atom stereocenters. The van der Waals surface area contributed by atoms with Crippen molar-refractivity contribution in [3.05, 3.63) is 77.6 Å². The maximum Gasteiger partial charge on any atom is 0.234 e. The molecule has 1 aromatic heterocycles. The van der Waals surface area contributed by atoms with E-state index in [0.717, 1.165) is 28.1 Å². The molecule has 2 amide bonds. The first-order valence-corrected chi connectivity index (χ1v) is 12.3. The van der Waals surface area contributed by atoms with Crippen molar-refractivity contribution in [1.29, 1.82) is 0 Å². The minimum absolute atomic E-state index is 0.126. The fraction of sp³-hybridized carbons (Fsp3) is 0.308. The number of aromatic nitrogens is 3. The van der Waals surface area contributed by atoms with Gasteiger partial charge in [0.05, 0.1) is 25.3 Å². The van der Waals surface area contributed by atoms with Crippen LogP contribution in [0.25, 0.3) is 0 Å². The van der Waals surface area contributed by atoms with Crippen molar-refractivity contribution in [2.24, 2.45) is 0 Å². The fourth-order valence-corrected chi connectivity index (χ4v) is 4.27. The van der Waals surface area contributed by atoms with E-state index in [4.69, 9.17) is 4.74 Å². The van der Waals surface area contributed by atoms with E-state index in [1.807, 2.05) is 67.8 Å². The second-order valence-corrected chi connectivity index (χ2v) is 9.08. The first-order chi connectivity index (χ1) is 16.8. The van der Waals surface area contributed by atoms with Gasteiger partial charge in [0.1, 0.15) is 5.75 Å². The van der Waals surface area contributed by atoms with Gasteiger partial charge in [0, 0.05) is 12.2 Å². The highest BCUT2D eigenvalue weighted by Gasteiger charge is 2.20. The van der Waals surface area contributed by atoms with Gasteiger partial charge in [-0.1, -0.05) is 42.1 Å². The van der Waals surface area contributed by atoms with E-state index in [1.54, 1.807) is 13.2 Å². The Kier molecular flexibility index (Phi) is 9.08. The Morgan fingerprint density at radius 1 is 1.14 bits per heavy atom. The number of allylic oxidation sites excluding steroid dienone is 1. The molecule has 0 spiro atoms. The highest BCUT2D eigenvalue weighted by Crippen LogP contribution is 2.23. The third-order valence-electron chi connectivity index (χ3n) is 5.56. The lowest BCUT2D eigenvalue weighted by Gasteiger charge is -2.15. The number of rotatable bonds is 11. The van der Waals surface area contributed by atoms with E-state index in [0.29, 0.717) is 17.5 Å². The Bertz CT molecular complexity index is 1190. The summed E-state index contributed by atoms with van der Waals surface area (Å²) < 4.78 is 7.02. The van der Waals surface area contributed by atoms with Gasteiger partial charge in [-0.15, -0.1) is 16.8 Å². The molecule has 9 heteroatoms.